The van der Waals surface area contributed by atoms with E-state index in [-0.39, 0.29) is 0 Å². The largest absolute Gasteiger partial charge is 0.350 e. The normalized spacial score (nSPS) is 30.1. The first-order valence-corrected chi connectivity index (χ1v) is 9.71. The van der Waals surface area contributed by atoms with Gasteiger partial charge in [-0.05, 0) is 44.2 Å². The van der Waals surface area contributed by atoms with Crippen molar-refractivity contribution in [2.45, 2.75) is 37.6 Å². The summed E-state index contributed by atoms with van der Waals surface area (Å²) >= 11 is 0. The Morgan fingerprint density at radius 1 is 1.23 bits per heavy atom. The van der Waals surface area contributed by atoms with Crippen LogP contribution >= 0.6 is 0 Å². The molecule has 26 heavy (non-hydrogen) atoms. The molecule has 0 bridgehead atoms. The van der Waals surface area contributed by atoms with Gasteiger partial charge < -0.3 is 15.5 Å². The predicted octanol–water partition coefficient (Wildman–Crippen LogP) is 2.12. The van der Waals surface area contributed by atoms with Crippen molar-refractivity contribution in [1.29, 1.82) is 0 Å². The minimum Gasteiger partial charge on any atom is -0.350 e. The molecular weight excluding hydrogens is 324 g/mol. The summed E-state index contributed by atoms with van der Waals surface area (Å²) in [5.41, 5.74) is 3.10. The average Bonchev–Trinajstić information content (AvgIpc) is 3.24. The van der Waals surface area contributed by atoms with Gasteiger partial charge in [-0.3, -0.25) is 0 Å². The minimum atomic E-state index is 0.307. The van der Waals surface area contributed by atoms with Gasteiger partial charge in [0.15, 0.2) is 0 Å². The molecule has 1 aromatic carbocycles. The zero-order chi connectivity index (χ0) is 17.6. The van der Waals surface area contributed by atoms with Crippen LogP contribution in [0, 0.1) is 12.8 Å². The van der Waals surface area contributed by atoms with Gasteiger partial charge in [0.1, 0.15) is 6.33 Å². The maximum absolute atomic E-state index is 4.71. The molecule has 1 aliphatic carbocycles. The van der Waals surface area contributed by atoms with E-state index in [0.29, 0.717) is 17.4 Å². The van der Waals surface area contributed by atoms with E-state index in [1.165, 1.54) is 24.0 Å². The third-order valence-corrected chi connectivity index (χ3v) is 6.24. The summed E-state index contributed by atoms with van der Waals surface area (Å²) in [5, 5.41) is 6.88. The number of rotatable bonds is 4. The average molecular weight is 350 g/mol. The third-order valence-electron chi connectivity index (χ3n) is 6.24. The SMILES string of the molecule is Cc1ccc([C@]23C[C@H]2CN(c2ncnc(NC4CCCNC4)n2)C3)cc1. The molecule has 0 radical (unpaired) electrons. The Morgan fingerprint density at radius 2 is 2.12 bits per heavy atom. The van der Waals surface area contributed by atoms with E-state index in [4.69, 9.17) is 4.98 Å². The van der Waals surface area contributed by atoms with Gasteiger partial charge in [-0.15, -0.1) is 0 Å². The van der Waals surface area contributed by atoms with Gasteiger partial charge in [-0.25, -0.2) is 9.97 Å². The van der Waals surface area contributed by atoms with Gasteiger partial charge in [-0.2, -0.15) is 4.98 Å². The fourth-order valence-corrected chi connectivity index (χ4v) is 4.63. The molecule has 136 valence electrons. The van der Waals surface area contributed by atoms with Crippen LogP contribution in [0.4, 0.5) is 11.9 Å². The summed E-state index contributed by atoms with van der Waals surface area (Å²) in [6, 6.07) is 9.46. The highest BCUT2D eigenvalue weighted by Crippen LogP contribution is 2.59. The molecule has 1 aromatic heterocycles. The van der Waals surface area contributed by atoms with E-state index in [0.717, 1.165) is 44.5 Å². The molecule has 3 aliphatic rings. The molecule has 3 heterocycles. The van der Waals surface area contributed by atoms with Crippen molar-refractivity contribution in [3.8, 4) is 0 Å². The Balaban J connectivity index is 1.30. The molecule has 3 fully saturated rings. The molecular formula is C20H26N6. The number of piperidine rings is 2. The van der Waals surface area contributed by atoms with Crippen molar-refractivity contribution in [2.75, 3.05) is 36.4 Å². The monoisotopic (exact) mass is 350 g/mol. The van der Waals surface area contributed by atoms with E-state index in [1.54, 1.807) is 6.33 Å². The maximum Gasteiger partial charge on any atom is 0.230 e. The molecule has 1 saturated carbocycles. The van der Waals surface area contributed by atoms with Crippen molar-refractivity contribution >= 4 is 11.9 Å². The second-order valence-corrected chi connectivity index (χ2v) is 8.10. The van der Waals surface area contributed by atoms with Crippen LogP contribution in [0.15, 0.2) is 30.6 Å². The molecule has 2 saturated heterocycles. The van der Waals surface area contributed by atoms with E-state index >= 15 is 0 Å². The summed E-state index contributed by atoms with van der Waals surface area (Å²) in [4.78, 5) is 15.8. The molecule has 1 unspecified atom stereocenters. The smallest absolute Gasteiger partial charge is 0.230 e. The Morgan fingerprint density at radius 3 is 2.92 bits per heavy atom. The van der Waals surface area contributed by atoms with Crippen LogP contribution in [0.1, 0.15) is 30.4 Å². The first kappa shape index (κ1) is 16.0. The van der Waals surface area contributed by atoms with E-state index < -0.39 is 0 Å². The lowest BCUT2D eigenvalue weighted by molar-refractivity contribution is 0.477. The van der Waals surface area contributed by atoms with Crippen molar-refractivity contribution in [3.63, 3.8) is 0 Å². The Hall–Kier alpha value is -2.21. The lowest BCUT2D eigenvalue weighted by Gasteiger charge is -2.25. The number of hydrogen-bond acceptors (Lipinski definition) is 6. The number of aryl methyl sites for hydroxylation is 1. The van der Waals surface area contributed by atoms with Gasteiger partial charge >= 0.3 is 0 Å². The van der Waals surface area contributed by atoms with Gasteiger partial charge in [0.05, 0.1) is 0 Å². The fraction of sp³-hybridized carbons (Fsp3) is 0.550. The molecule has 0 spiro atoms. The molecule has 2 aromatic rings. The van der Waals surface area contributed by atoms with Crippen LogP contribution in [-0.4, -0.2) is 47.2 Å². The number of aromatic nitrogens is 3. The number of fused-ring (bicyclic) bond motifs is 1. The van der Waals surface area contributed by atoms with Crippen molar-refractivity contribution < 1.29 is 0 Å². The molecule has 6 nitrogen and oxygen atoms in total. The molecule has 2 aliphatic heterocycles. The summed E-state index contributed by atoms with van der Waals surface area (Å²) in [6.45, 7) is 6.28. The van der Waals surface area contributed by atoms with Gasteiger partial charge in [-0.1, -0.05) is 29.8 Å². The van der Waals surface area contributed by atoms with Crippen molar-refractivity contribution in [1.82, 2.24) is 20.3 Å². The van der Waals surface area contributed by atoms with E-state index in [2.05, 4.69) is 56.7 Å². The standard InChI is InChI=1S/C20H26N6/c1-14-4-6-15(7-5-14)20-9-16(20)11-26(12-20)19-23-13-22-18(25-19)24-17-3-2-8-21-10-17/h4-7,13,16-17,21H,2-3,8-12H2,1H3,(H,22,23,24,25)/t16-,17?,20+/m0/s1. The molecule has 6 heteroatoms. The molecule has 3 atom stereocenters. The Bertz CT molecular complexity index is 785. The zero-order valence-electron chi connectivity index (χ0n) is 15.3. The second kappa shape index (κ2) is 6.20. The lowest BCUT2D eigenvalue weighted by Crippen LogP contribution is -2.39. The van der Waals surface area contributed by atoms with Crippen LogP contribution in [-0.2, 0) is 5.41 Å². The Labute approximate surface area is 154 Å². The summed E-state index contributed by atoms with van der Waals surface area (Å²) in [7, 11) is 0. The van der Waals surface area contributed by atoms with Gasteiger partial charge in [0, 0.05) is 31.1 Å². The molecule has 5 rings (SSSR count). The second-order valence-electron chi connectivity index (χ2n) is 8.10. The zero-order valence-corrected chi connectivity index (χ0v) is 15.3. The highest BCUT2D eigenvalue weighted by Gasteiger charge is 2.61. The number of anilines is 2. The maximum atomic E-state index is 4.71. The number of benzene rings is 1. The predicted molar refractivity (Wildman–Crippen MR) is 103 cm³/mol. The van der Waals surface area contributed by atoms with E-state index in [1.807, 2.05) is 0 Å². The van der Waals surface area contributed by atoms with Crippen molar-refractivity contribution in [3.05, 3.63) is 41.7 Å². The highest BCUT2D eigenvalue weighted by molar-refractivity contribution is 5.48. The van der Waals surface area contributed by atoms with Gasteiger partial charge in [0.2, 0.25) is 11.9 Å². The van der Waals surface area contributed by atoms with Crippen LogP contribution < -0.4 is 15.5 Å². The summed E-state index contributed by atoms with van der Waals surface area (Å²) in [5.74, 6) is 2.24. The highest BCUT2D eigenvalue weighted by atomic mass is 15.3. The first-order valence-electron chi connectivity index (χ1n) is 9.71. The van der Waals surface area contributed by atoms with Crippen molar-refractivity contribution in [2.24, 2.45) is 5.92 Å². The van der Waals surface area contributed by atoms with Crippen LogP contribution in [0.3, 0.4) is 0 Å². The number of nitrogens with zero attached hydrogens (tertiary/aromatic N) is 4. The summed E-state index contributed by atoms with van der Waals surface area (Å²) in [6.07, 6.45) is 5.29. The van der Waals surface area contributed by atoms with Gasteiger partial charge in [0.25, 0.3) is 0 Å². The molecule has 0 amide bonds. The fourth-order valence-electron chi connectivity index (χ4n) is 4.63. The first-order chi connectivity index (χ1) is 12.7. The van der Waals surface area contributed by atoms with E-state index in [9.17, 15) is 0 Å². The Kier molecular flexibility index (Phi) is 3.81. The van der Waals surface area contributed by atoms with Crippen LogP contribution in [0.2, 0.25) is 0 Å². The minimum absolute atomic E-state index is 0.307. The number of nitrogens with one attached hydrogen (secondary N) is 2. The molecule has 2 N–H and O–H groups in total. The lowest BCUT2D eigenvalue weighted by atomic mass is 9.94. The van der Waals surface area contributed by atoms with Crippen LogP contribution in [0.25, 0.3) is 0 Å². The van der Waals surface area contributed by atoms with Crippen LogP contribution in [0.5, 0.6) is 0 Å². The summed E-state index contributed by atoms with van der Waals surface area (Å²) < 4.78 is 0. The number of hydrogen-bond donors (Lipinski definition) is 2. The quantitative estimate of drug-likeness (QED) is 0.881. The third kappa shape index (κ3) is 2.82. The topological polar surface area (TPSA) is 66.0 Å².